The van der Waals surface area contributed by atoms with Crippen LogP contribution in [0.2, 0.25) is 0 Å². The van der Waals surface area contributed by atoms with E-state index in [1.807, 2.05) is 23.9 Å². The van der Waals surface area contributed by atoms with Crippen molar-refractivity contribution in [3.05, 3.63) is 29.8 Å². The summed E-state index contributed by atoms with van der Waals surface area (Å²) in [6.45, 7) is 1.04. The van der Waals surface area contributed by atoms with Gasteiger partial charge in [-0.3, -0.25) is 0 Å². The molecule has 0 radical (unpaired) electrons. The van der Waals surface area contributed by atoms with Crippen molar-refractivity contribution in [2.45, 2.75) is 48.0 Å². The number of hydrogen-bond donors (Lipinski definition) is 1. The first-order chi connectivity index (χ1) is 9.80. The molecule has 1 aromatic rings. The zero-order valence-corrected chi connectivity index (χ0v) is 13.3. The summed E-state index contributed by atoms with van der Waals surface area (Å²) in [5.74, 6) is 2.51. The molecule has 2 heterocycles. The number of hydrogen-bond acceptors (Lipinski definition) is 4. The van der Waals surface area contributed by atoms with Crippen molar-refractivity contribution in [2.24, 2.45) is 0 Å². The molecule has 0 aromatic heterocycles. The summed E-state index contributed by atoms with van der Waals surface area (Å²) < 4.78 is 6.15. The highest BCUT2D eigenvalue weighted by Gasteiger charge is 2.38. The zero-order chi connectivity index (χ0) is 13.8. The Morgan fingerprint density at radius 1 is 1.25 bits per heavy atom. The topological polar surface area (TPSA) is 29.5 Å². The number of benzene rings is 1. The number of thioether (sulfide) groups is 2. The maximum absolute atomic E-state index is 9.09. The van der Waals surface area contributed by atoms with E-state index in [4.69, 9.17) is 9.84 Å². The van der Waals surface area contributed by atoms with Gasteiger partial charge in [0.05, 0.1) is 12.2 Å². The van der Waals surface area contributed by atoms with E-state index in [-0.39, 0.29) is 12.2 Å². The summed E-state index contributed by atoms with van der Waals surface area (Å²) in [7, 11) is 0. The number of ether oxygens (including phenoxy) is 1. The number of aliphatic hydroxyl groups is 1. The fourth-order valence-electron chi connectivity index (χ4n) is 3.04. The molecule has 1 spiro atoms. The van der Waals surface area contributed by atoms with Gasteiger partial charge in [-0.25, -0.2) is 0 Å². The number of aliphatic hydroxyl groups excluding tert-OH is 1. The summed E-state index contributed by atoms with van der Waals surface area (Å²) >= 11 is 4.04. The summed E-state index contributed by atoms with van der Waals surface area (Å²) in [6, 6.07) is 8.31. The molecule has 4 heteroatoms. The Bertz CT molecular complexity index is 421. The van der Waals surface area contributed by atoms with E-state index in [1.165, 1.54) is 35.7 Å². The van der Waals surface area contributed by atoms with Gasteiger partial charge in [-0.15, -0.1) is 11.8 Å². The minimum absolute atomic E-state index is 0.128. The molecule has 1 atom stereocenters. The highest BCUT2D eigenvalue weighted by Crippen LogP contribution is 2.42. The lowest BCUT2D eigenvalue weighted by atomic mass is 9.88. The standard InChI is InChI=1S/C16H22O2S2/c17-12-13-1-3-14(4-2-13)20-15-5-8-18-16(11-15)6-9-19-10-7-16/h1-4,15,17H,5-12H2. The van der Waals surface area contributed by atoms with Crippen LogP contribution in [0.1, 0.15) is 31.2 Å². The van der Waals surface area contributed by atoms with Crippen molar-refractivity contribution in [3.8, 4) is 0 Å². The van der Waals surface area contributed by atoms with Crippen LogP contribution in [0.25, 0.3) is 0 Å². The molecule has 2 aliphatic rings. The van der Waals surface area contributed by atoms with Crippen LogP contribution >= 0.6 is 23.5 Å². The molecule has 2 aliphatic heterocycles. The second kappa shape index (κ2) is 6.73. The normalized spacial score (nSPS) is 25.8. The molecular formula is C16H22O2S2. The first kappa shape index (κ1) is 14.8. The summed E-state index contributed by atoms with van der Waals surface area (Å²) in [5.41, 5.74) is 1.16. The van der Waals surface area contributed by atoms with E-state index >= 15 is 0 Å². The van der Waals surface area contributed by atoms with Crippen molar-refractivity contribution in [1.29, 1.82) is 0 Å². The fourth-order valence-corrected chi connectivity index (χ4v) is 5.56. The average Bonchev–Trinajstić information content (AvgIpc) is 2.49. The van der Waals surface area contributed by atoms with E-state index in [2.05, 4.69) is 23.9 Å². The molecule has 0 amide bonds. The summed E-state index contributed by atoms with van der Waals surface area (Å²) in [5, 5.41) is 9.76. The van der Waals surface area contributed by atoms with Crippen LogP contribution in [0.15, 0.2) is 29.2 Å². The Labute approximate surface area is 129 Å². The van der Waals surface area contributed by atoms with Crippen LogP contribution in [0.5, 0.6) is 0 Å². The van der Waals surface area contributed by atoms with Gasteiger partial charge in [0, 0.05) is 16.8 Å². The van der Waals surface area contributed by atoms with Crippen molar-refractivity contribution in [2.75, 3.05) is 18.1 Å². The lowest BCUT2D eigenvalue weighted by Crippen LogP contribution is -2.43. The number of rotatable bonds is 3. The second-order valence-corrected chi connectivity index (χ2v) is 8.28. The maximum Gasteiger partial charge on any atom is 0.0709 e. The highest BCUT2D eigenvalue weighted by molar-refractivity contribution is 8.00. The molecule has 0 aliphatic carbocycles. The predicted molar refractivity (Wildman–Crippen MR) is 86.5 cm³/mol. The Balaban J connectivity index is 1.61. The van der Waals surface area contributed by atoms with Gasteiger partial charge in [-0.05, 0) is 54.9 Å². The molecule has 1 aromatic carbocycles. The minimum Gasteiger partial charge on any atom is -0.392 e. The second-order valence-electron chi connectivity index (χ2n) is 5.68. The van der Waals surface area contributed by atoms with Crippen molar-refractivity contribution in [1.82, 2.24) is 0 Å². The Kier molecular flexibility index (Phi) is 4.97. The molecule has 0 saturated carbocycles. The smallest absolute Gasteiger partial charge is 0.0709 e. The first-order valence-corrected chi connectivity index (χ1v) is 9.41. The van der Waals surface area contributed by atoms with Crippen LogP contribution in [-0.2, 0) is 11.3 Å². The average molecular weight is 310 g/mol. The SMILES string of the molecule is OCc1ccc(SC2CCOC3(CCSCC3)C2)cc1. The largest absolute Gasteiger partial charge is 0.392 e. The lowest BCUT2D eigenvalue weighted by molar-refractivity contribution is -0.0804. The molecule has 3 rings (SSSR count). The molecule has 110 valence electrons. The molecule has 2 nitrogen and oxygen atoms in total. The summed E-state index contributed by atoms with van der Waals surface area (Å²) in [6.07, 6.45) is 4.79. The third-order valence-corrected chi connectivity index (χ3v) is 6.53. The quantitative estimate of drug-likeness (QED) is 0.921. The molecule has 2 fully saturated rings. The third-order valence-electron chi connectivity index (χ3n) is 4.26. The Morgan fingerprint density at radius 2 is 2.00 bits per heavy atom. The molecular weight excluding hydrogens is 288 g/mol. The first-order valence-electron chi connectivity index (χ1n) is 7.38. The van der Waals surface area contributed by atoms with Crippen molar-refractivity contribution < 1.29 is 9.84 Å². The van der Waals surface area contributed by atoms with Crippen LogP contribution in [-0.4, -0.2) is 34.1 Å². The van der Waals surface area contributed by atoms with Crippen LogP contribution in [0.3, 0.4) is 0 Å². The van der Waals surface area contributed by atoms with E-state index < -0.39 is 0 Å². The van der Waals surface area contributed by atoms with Gasteiger partial charge in [0.2, 0.25) is 0 Å². The monoisotopic (exact) mass is 310 g/mol. The van der Waals surface area contributed by atoms with Gasteiger partial charge < -0.3 is 9.84 Å². The van der Waals surface area contributed by atoms with E-state index in [9.17, 15) is 0 Å². The van der Waals surface area contributed by atoms with Gasteiger partial charge >= 0.3 is 0 Å². The van der Waals surface area contributed by atoms with Gasteiger partial charge in [0.15, 0.2) is 0 Å². The van der Waals surface area contributed by atoms with Gasteiger partial charge in [0.1, 0.15) is 0 Å². The van der Waals surface area contributed by atoms with Crippen molar-refractivity contribution in [3.63, 3.8) is 0 Å². The lowest BCUT2D eigenvalue weighted by Gasteiger charge is -2.43. The highest BCUT2D eigenvalue weighted by atomic mass is 32.2. The molecule has 2 saturated heterocycles. The minimum atomic E-state index is 0.128. The predicted octanol–water partition coefficient (Wildman–Crippen LogP) is 3.72. The van der Waals surface area contributed by atoms with Gasteiger partial charge in [-0.1, -0.05) is 12.1 Å². The van der Waals surface area contributed by atoms with E-state index in [0.29, 0.717) is 5.25 Å². The molecule has 1 unspecified atom stereocenters. The van der Waals surface area contributed by atoms with Crippen LogP contribution in [0.4, 0.5) is 0 Å². The van der Waals surface area contributed by atoms with Gasteiger partial charge in [0.25, 0.3) is 0 Å². The molecule has 0 bridgehead atoms. The Morgan fingerprint density at radius 3 is 2.70 bits per heavy atom. The zero-order valence-electron chi connectivity index (χ0n) is 11.7. The van der Waals surface area contributed by atoms with Crippen LogP contribution < -0.4 is 0 Å². The molecule has 20 heavy (non-hydrogen) atoms. The van der Waals surface area contributed by atoms with E-state index in [0.717, 1.165) is 18.6 Å². The van der Waals surface area contributed by atoms with Crippen molar-refractivity contribution >= 4 is 23.5 Å². The fraction of sp³-hybridized carbons (Fsp3) is 0.625. The maximum atomic E-state index is 9.09. The third kappa shape index (κ3) is 3.53. The Hall–Kier alpha value is -0.160. The van der Waals surface area contributed by atoms with Gasteiger partial charge in [-0.2, -0.15) is 11.8 Å². The summed E-state index contributed by atoms with van der Waals surface area (Å²) in [4.78, 5) is 1.31. The van der Waals surface area contributed by atoms with E-state index in [1.54, 1.807) is 0 Å². The molecule has 1 N–H and O–H groups in total. The van der Waals surface area contributed by atoms with Crippen LogP contribution in [0, 0.1) is 0 Å².